The lowest BCUT2D eigenvalue weighted by atomic mass is 10.2. The van der Waals surface area contributed by atoms with Crippen molar-refractivity contribution in [3.8, 4) is 0 Å². The van der Waals surface area contributed by atoms with Gasteiger partial charge in [0, 0.05) is 51.5 Å². The number of aromatic nitrogens is 2. The molecule has 5 heteroatoms. The van der Waals surface area contributed by atoms with E-state index in [0.717, 1.165) is 31.8 Å². The molecule has 2 aromatic rings. The van der Waals surface area contributed by atoms with E-state index in [1.54, 1.807) is 19.5 Å². The molecule has 2 rings (SSSR count). The molecule has 0 aliphatic carbocycles. The molecule has 0 spiro atoms. The van der Waals surface area contributed by atoms with E-state index in [4.69, 9.17) is 16.3 Å². The van der Waals surface area contributed by atoms with E-state index in [1.807, 2.05) is 6.07 Å². The second-order valence-electron chi connectivity index (χ2n) is 4.33. The van der Waals surface area contributed by atoms with Crippen LogP contribution in [0.1, 0.15) is 11.1 Å². The summed E-state index contributed by atoms with van der Waals surface area (Å²) in [6, 6.07) is 4.05. The van der Waals surface area contributed by atoms with Gasteiger partial charge in [0.1, 0.15) is 0 Å². The van der Waals surface area contributed by atoms with Crippen LogP contribution in [0.3, 0.4) is 0 Å². The summed E-state index contributed by atoms with van der Waals surface area (Å²) in [5, 5.41) is 4.02. The number of halogens is 1. The minimum Gasteiger partial charge on any atom is -0.383 e. The lowest BCUT2D eigenvalue weighted by Gasteiger charge is -2.05. The van der Waals surface area contributed by atoms with Gasteiger partial charge >= 0.3 is 0 Å². The molecule has 0 radical (unpaired) electrons. The van der Waals surface area contributed by atoms with Crippen LogP contribution in [0.15, 0.2) is 36.9 Å². The molecule has 1 N–H and O–H groups in total. The Bertz CT molecular complexity index is 513. The summed E-state index contributed by atoms with van der Waals surface area (Å²) in [4.78, 5) is 3.99. The maximum absolute atomic E-state index is 6.10. The maximum atomic E-state index is 6.10. The monoisotopic (exact) mass is 279 g/mol. The van der Waals surface area contributed by atoms with Crippen LogP contribution in [0.4, 0.5) is 0 Å². The Morgan fingerprint density at radius 3 is 3.11 bits per heavy atom. The molecule has 0 unspecified atom stereocenters. The highest BCUT2D eigenvalue weighted by atomic mass is 35.5. The Hall–Kier alpha value is -1.36. The van der Waals surface area contributed by atoms with Crippen molar-refractivity contribution in [3.05, 3.63) is 53.1 Å². The van der Waals surface area contributed by atoms with Crippen molar-refractivity contribution in [1.82, 2.24) is 14.9 Å². The third kappa shape index (κ3) is 4.35. The summed E-state index contributed by atoms with van der Waals surface area (Å²) in [6.07, 6.45) is 7.62. The molecule has 0 saturated heterocycles. The number of rotatable bonds is 7. The largest absolute Gasteiger partial charge is 0.383 e. The minimum atomic E-state index is 0.705. The van der Waals surface area contributed by atoms with E-state index in [1.165, 1.54) is 5.56 Å². The quantitative estimate of drug-likeness (QED) is 0.791. The van der Waals surface area contributed by atoms with Gasteiger partial charge in [-0.1, -0.05) is 11.6 Å². The number of ether oxygens (including phenoxy) is 1. The number of hydrogen-bond donors (Lipinski definition) is 1. The fourth-order valence-electron chi connectivity index (χ4n) is 1.83. The number of hydrogen-bond acceptors (Lipinski definition) is 3. The van der Waals surface area contributed by atoms with Crippen LogP contribution in [0.5, 0.6) is 0 Å². The van der Waals surface area contributed by atoms with E-state index in [9.17, 15) is 0 Å². The molecule has 0 saturated carbocycles. The third-order valence-corrected chi connectivity index (χ3v) is 3.17. The summed E-state index contributed by atoms with van der Waals surface area (Å²) in [6.45, 7) is 3.20. The van der Waals surface area contributed by atoms with Crippen LogP contribution in [0.25, 0.3) is 0 Å². The van der Waals surface area contributed by atoms with Gasteiger partial charge in [-0.3, -0.25) is 4.98 Å². The normalized spacial score (nSPS) is 10.8. The molecular weight excluding hydrogens is 262 g/mol. The first-order valence-electron chi connectivity index (χ1n) is 6.22. The number of nitrogens with zero attached hydrogens (tertiary/aromatic N) is 2. The lowest BCUT2D eigenvalue weighted by molar-refractivity contribution is 0.199. The van der Waals surface area contributed by atoms with Crippen molar-refractivity contribution >= 4 is 11.6 Å². The second-order valence-corrected chi connectivity index (χ2v) is 4.74. The molecule has 2 aromatic heterocycles. The zero-order chi connectivity index (χ0) is 13.5. The van der Waals surface area contributed by atoms with Crippen LogP contribution >= 0.6 is 11.6 Å². The van der Waals surface area contributed by atoms with Gasteiger partial charge in [-0.2, -0.15) is 0 Å². The van der Waals surface area contributed by atoms with E-state index in [-0.39, 0.29) is 0 Å². The lowest BCUT2D eigenvalue weighted by Crippen LogP contribution is -2.18. The molecule has 2 heterocycles. The topological polar surface area (TPSA) is 39.1 Å². The molecule has 0 aliphatic heterocycles. The van der Waals surface area contributed by atoms with Crippen molar-refractivity contribution in [2.24, 2.45) is 0 Å². The number of methoxy groups -OCH3 is 1. The summed E-state index contributed by atoms with van der Waals surface area (Å²) >= 11 is 6.10. The molecule has 0 amide bonds. The highest BCUT2D eigenvalue weighted by molar-refractivity contribution is 6.31. The number of nitrogens with one attached hydrogen (secondary N) is 1. The van der Waals surface area contributed by atoms with Crippen LogP contribution in [0, 0.1) is 0 Å². The smallest absolute Gasteiger partial charge is 0.0639 e. The SMILES string of the molecule is COCCNCc1ccn(Cc2ccncc2Cl)c1. The fourth-order valence-corrected chi connectivity index (χ4v) is 2.01. The van der Waals surface area contributed by atoms with Crippen molar-refractivity contribution in [1.29, 1.82) is 0 Å². The summed E-state index contributed by atoms with van der Waals surface area (Å²) in [5.74, 6) is 0. The zero-order valence-corrected chi connectivity index (χ0v) is 11.7. The Kier molecular flexibility index (Phi) is 5.39. The second kappa shape index (κ2) is 7.28. The van der Waals surface area contributed by atoms with Crippen LogP contribution in [-0.4, -0.2) is 29.8 Å². The summed E-state index contributed by atoms with van der Waals surface area (Å²) in [5.41, 5.74) is 2.33. The van der Waals surface area contributed by atoms with E-state index >= 15 is 0 Å². The Morgan fingerprint density at radius 1 is 1.42 bits per heavy atom. The van der Waals surface area contributed by atoms with Gasteiger partial charge in [0.2, 0.25) is 0 Å². The molecule has 0 aromatic carbocycles. The molecular formula is C14H18ClN3O. The average Bonchev–Trinajstić information content (AvgIpc) is 2.85. The first-order chi connectivity index (χ1) is 9.29. The van der Waals surface area contributed by atoms with Gasteiger partial charge in [0.15, 0.2) is 0 Å². The molecule has 102 valence electrons. The molecule has 0 fully saturated rings. The Morgan fingerprint density at radius 2 is 2.32 bits per heavy atom. The van der Waals surface area contributed by atoms with Gasteiger partial charge in [-0.25, -0.2) is 0 Å². The van der Waals surface area contributed by atoms with E-state index in [2.05, 4.69) is 33.3 Å². The summed E-state index contributed by atoms with van der Waals surface area (Å²) < 4.78 is 7.11. The van der Waals surface area contributed by atoms with Crippen molar-refractivity contribution < 1.29 is 4.74 Å². The Labute approximate surface area is 118 Å². The molecule has 0 bridgehead atoms. The van der Waals surface area contributed by atoms with Gasteiger partial charge < -0.3 is 14.6 Å². The molecule has 0 atom stereocenters. The van der Waals surface area contributed by atoms with Crippen molar-refractivity contribution in [3.63, 3.8) is 0 Å². The van der Waals surface area contributed by atoms with E-state index in [0.29, 0.717) is 5.02 Å². The molecule has 19 heavy (non-hydrogen) atoms. The standard InChI is InChI=1S/C14H18ClN3O/c1-19-7-5-17-8-12-3-6-18(10-12)11-13-2-4-16-9-14(13)15/h2-4,6,9-10,17H,5,7-8,11H2,1H3. The predicted octanol–water partition coefficient (Wildman–Crippen LogP) is 2.32. The van der Waals surface area contributed by atoms with Gasteiger partial charge in [-0.15, -0.1) is 0 Å². The Balaban J connectivity index is 1.89. The fraction of sp³-hybridized carbons (Fsp3) is 0.357. The van der Waals surface area contributed by atoms with Gasteiger partial charge in [-0.05, 0) is 23.3 Å². The zero-order valence-electron chi connectivity index (χ0n) is 11.0. The number of pyridine rings is 1. The van der Waals surface area contributed by atoms with Crippen molar-refractivity contribution in [2.75, 3.05) is 20.3 Å². The predicted molar refractivity (Wildman–Crippen MR) is 76.4 cm³/mol. The van der Waals surface area contributed by atoms with E-state index < -0.39 is 0 Å². The maximum Gasteiger partial charge on any atom is 0.0639 e. The van der Waals surface area contributed by atoms with Gasteiger partial charge in [0.05, 0.1) is 11.6 Å². The molecule has 4 nitrogen and oxygen atoms in total. The van der Waals surface area contributed by atoms with Gasteiger partial charge in [0.25, 0.3) is 0 Å². The van der Waals surface area contributed by atoms with Crippen LogP contribution in [-0.2, 0) is 17.8 Å². The van der Waals surface area contributed by atoms with Crippen LogP contribution in [0.2, 0.25) is 5.02 Å². The van der Waals surface area contributed by atoms with Crippen LogP contribution < -0.4 is 5.32 Å². The highest BCUT2D eigenvalue weighted by Gasteiger charge is 2.02. The highest BCUT2D eigenvalue weighted by Crippen LogP contribution is 2.15. The minimum absolute atomic E-state index is 0.705. The van der Waals surface area contributed by atoms with Crippen molar-refractivity contribution in [2.45, 2.75) is 13.1 Å². The first-order valence-corrected chi connectivity index (χ1v) is 6.60. The summed E-state index contributed by atoms with van der Waals surface area (Å²) in [7, 11) is 1.70. The molecule has 0 aliphatic rings. The first kappa shape index (κ1) is 14.1. The third-order valence-electron chi connectivity index (χ3n) is 2.83. The average molecular weight is 280 g/mol.